The minimum atomic E-state index is -0.559. The van der Waals surface area contributed by atoms with Gasteiger partial charge in [0.05, 0.1) is 0 Å². The van der Waals surface area contributed by atoms with Gasteiger partial charge in [-0.15, -0.1) is 0 Å². The van der Waals surface area contributed by atoms with Crippen LogP contribution in [0.3, 0.4) is 0 Å². The highest BCUT2D eigenvalue weighted by molar-refractivity contribution is 6.05. The third-order valence-electron chi connectivity index (χ3n) is 5.78. The molecule has 3 amide bonds. The first kappa shape index (κ1) is 17.2. The van der Waals surface area contributed by atoms with Crippen molar-refractivity contribution in [2.24, 2.45) is 0 Å². The Morgan fingerprint density at radius 1 is 1.27 bits per heavy atom. The average molecular weight is 356 g/mol. The first-order valence-corrected chi connectivity index (χ1v) is 9.10. The molecule has 2 atom stereocenters. The van der Waals surface area contributed by atoms with E-state index in [4.69, 9.17) is 0 Å². The number of nitrogens with zero attached hydrogens (tertiary/aromatic N) is 1. The number of piperidine rings is 1. The van der Waals surface area contributed by atoms with Crippen molar-refractivity contribution in [2.45, 2.75) is 57.4 Å². The van der Waals surface area contributed by atoms with E-state index in [1.807, 2.05) is 18.2 Å². The minimum Gasteiger partial charge on any atom is -0.322 e. The maximum atomic E-state index is 12.8. The molecule has 1 aromatic rings. The highest BCUT2D eigenvalue weighted by atomic mass is 16.2. The SMILES string of the molecule is CC1(C)NCC1NCc1ccc2c(c1)C(=O)N(C1CCC(=O)NC1=O)C2. The van der Waals surface area contributed by atoms with E-state index >= 15 is 0 Å². The number of rotatable bonds is 4. The molecule has 7 heteroatoms. The van der Waals surface area contributed by atoms with E-state index in [0.29, 0.717) is 31.1 Å². The standard InChI is InChI=1S/C19H24N4O3/c1-19(2)15(9-21-19)20-8-11-3-4-12-10-23(18(26)13(12)7-11)14-5-6-16(24)22-17(14)25/h3-4,7,14-15,20-21H,5-6,8-10H2,1-2H3,(H,22,24,25). The number of hydrogen-bond donors (Lipinski definition) is 3. The fourth-order valence-corrected chi connectivity index (χ4v) is 3.89. The van der Waals surface area contributed by atoms with E-state index in [2.05, 4.69) is 29.8 Å². The van der Waals surface area contributed by atoms with Crippen LogP contribution in [0.1, 0.15) is 48.2 Å². The van der Waals surface area contributed by atoms with Gasteiger partial charge in [0.2, 0.25) is 11.8 Å². The molecule has 3 aliphatic rings. The maximum absolute atomic E-state index is 12.8. The number of imide groups is 1. The lowest BCUT2D eigenvalue weighted by Gasteiger charge is -2.46. The Morgan fingerprint density at radius 2 is 2.08 bits per heavy atom. The second-order valence-electron chi connectivity index (χ2n) is 7.93. The maximum Gasteiger partial charge on any atom is 0.255 e. The molecule has 2 unspecified atom stereocenters. The molecular formula is C19H24N4O3. The number of benzene rings is 1. The summed E-state index contributed by atoms with van der Waals surface area (Å²) in [4.78, 5) is 37.8. The summed E-state index contributed by atoms with van der Waals surface area (Å²) in [5.74, 6) is -0.761. The van der Waals surface area contributed by atoms with Crippen molar-refractivity contribution in [1.82, 2.24) is 20.9 Å². The number of fused-ring (bicyclic) bond motifs is 1. The Bertz CT molecular complexity index is 789. The van der Waals surface area contributed by atoms with Gasteiger partial charge < -0.3 is 15.5 Å². The lowest BCUT2D eigenvalue weighted by Crippen LogP contribution is -2.70. The second-order valence-corrected chi connectivity index (χ2v) is 7.93. The van der Waals surface area contributed by atoms with Crippen molar-refractivity contribution >= 4 is 17.7 Å². The predicted molar refractivity (Wildman–Crippen MR) is 95.2 cm³/mol. The number of carbonyl (C=O) groups excluding carboxylic acids is 3. The Kier molecular flexibility index (Phi) is 4.08. The van der Waals surface area contributed by atoms with E-state index in [-0.39, 0.29) is 29.7 Å². The Hall–Kier alpha value is -2.25. The quantitative estimate of drug-likeness (QED) is 0.675. The zero-order valence-electron chi connectivity index (χ0n) is 15.1. The van der Waals surface area contributed by atoms with Crippen LogP contribution in [-0.2, 0) is 22.7 Å². The zero-order valence-corrected chi connectivity index (χ0v) is 15.1. The lowest BCUT2D eigenvalue weighted by molar-refractivity contribution is -0.136. The normalized spacial score (nSPS) is 27.2. The third kappa shape index (κ3) is 2.91. The summed E-state index contributed by atoms with van der Waals surface area (Å²) in [6, 6.07) is 5.78. The van der Waals surface area contributed by atoms with Crippen molar-refractivity contribution < 1.29 is 14.4 Å². The molecular weight excluding hydrogens is 332 g/mol. The van der Waals surface area contributed by atoms with E-state index in [0.717, 1.165) is 17.7 Å². The summed E-state index contributed by atoms with van der Waals surface area (Å²) in [7, 11) is 0. The van der Waals surface area contributed by atoms with E-state index in [1.54, 1.807) is 4.90 Å². The van der Waals surface area contributed by atoms with Gasteiger partial charge in [-0.1, -0.05) is 12.1 Å². The average Bonchev–Trinajstić information content (AvgIpc) is 2.91. The summed E-state index contributed by atoms with van der Waals surface area (Å²) < 4.78 is 0. The van der Waals surface area contributed by atoms with Crippen LogP contribution in [0.4, 0.5) is 0 Å². The molecule has 2 saturated heterocycles. The molecule has 138 valence electrons. The topological polar surface area (TPSA) is 90.5 Å². The molecule has 3 N–H and O–H groups in total. The van der Waals surface area contributed by atoms with E-state index in [9.17, 15) is 14.4 Å². The van der Waals surface area contributed by atoms with Crippen molar-refractivity contribution in [1.29, 1.82) is 0 Å². The molecule has 0 saturated carbocycles. The van der Waals surface area contributed by atoms with Crippen LogP contribution in [0.25, 0.3) is 0 Å². The Balaban J connectivity index is 1.45. The number of amides is 3. The molecule has 3 heterocycles. The molecule has 1 aromatic carbocycles. The van der Waals surface area contributed by atoms with Gasteiger partial charge in [-0.3, -0.25) is 19.7 Å². The first-order chi connectivity index (χ1) is 12.3. The van der Waals surface area contributed by atoms with Crippen LogP contribution in [0.2, 0.25) is 0 Å². The van der Waals surface area contributed by atoms with Gasteiger partial charge in [0, 0.05) is 43.2 Å². The van der Waals surface area contributed by atoms with Gasteiger partial charge in [0.1, 0.15) is 6.04 Å². The molecule has 26 heavy (non-hydrogen) atoms. The summed E-state index contributed by atoms with van der Waals surface area (Å²) >= 11 is 0. The van der Waals surface area contributed by atoms with E-state index in [1.165, 1.54) is 0 Å². The monoisotopic (exact) mass is 356 g/mol. The van der Waals surface area contributed by atoms with Crippen LogP contribution < -0.4 is 16.0 Å². The molecule has 4 rings (SSSR count). The molecule has 7 nitrogen and oxygen atoms in total. The second kappa shape index (κ2) is 6.17. The van der Waals surface area contributed by atoms with Gasteiger partial charge in [-0.25, -0.2) is 0 Å². The number of carbonyl (C=O) groups is 3. The van der Waals surface area contributed by atoms with Gasteiger partial charge in [0.25, 0.3) is 5.91 Å². The van der Waals surface area contributed by atoms with Gasteiger partial charge >= 0.3 is 0 Å². The minimum absolute atomic E-state index is 0.0924. The third-order valence-corrected chi connectivity index (χ3v) is 5.78. The molecule has 0 spiro atoms. The predicted octanol–water partition coefficient (Wildman–Crippen LogP) is 0.288. The van der Waals surface area contributed by atoms with Gasteiger partial charge in [-0.05, 0) is 37.5 Å². The molecule has 3 aliphatic heterocycles. The van der Waals surface area contributed by atoms with Gasteiger partial charge in [-0.2, -0.15) is 0 Å². The molecule has 2 fully saturated rings. The van der Waals surface area contributed by atoms with Gasteiger partial charge in [0.15, 0.2) is 0 Å². The van der Waals surface area contributed by atoms with Crippen molar-refractivity contribution in [3.05, 3.63) is 34.9 Å². The summed E-state index contributed by atoms with van der Waals surface area (Å²) in [6.45, 7) is 6.40. The van der Waals surface area contributed by atoms with Crippen LogP contribution >= 0.6 is 0 Å². The molecule has 0 aromatic heterocycles. The van der Waals surface area contributed by atoms with Crippen LogP contribution in [0.5, 0.6) is 0 Å². The zero-order chi connectivity index (χ0) is 18.5. The fourth-order valence-electron chi connectivity index (χ4n) is 3.89. The summed E-state index contributed by atoms with van der Waals surface area (Å²) in [6.07, 6.45) is 0.666. The lowest BCUT2D eigenvalue weighted by atomic mass is 9.86. The molecule has 0 radical (unpaired) electrons. The number of hydrogen-bond acceptors (Lipinski definition) is 5. The summed E-state index contributed by atoms with van der Waals surface area (Å²) in [5.41, 5.74) is 2.76. The smallest absolute Gasteiger partial charge is 0.255 e. The van der Waals surface area contributed by atoms with Crippen LogP contribution in [0, 0.1) is 0 Å². The molecule has 0 aliphatic carbocycles. The fraction of sp³-hybridized carbons (Fsp3) is 0.526. The van der Waals surface area contributed by atoms with Crippen molar-refractivity contribution in [2.75, 3.05) is 6.54 Å². The highest BCUT2D eigenvalue weighted by Gasteiger charge is 2.39. The largest absolute Gasteiger partial charge is 0.322 e. The van der Waals surface area contributed by atoms with Crippen LogP contribution in [0.15, 0.2) is 18.2 Å². The Labute approximate surface area is 152 Å². The molecule has 0 bridgehead atoms. The van der Waals surface area contributed by atoms with Crippen molar-refractivity contribution in [3.63, 3.8) is 0 Å². The van der Waals surface area contributed by atoms with Crippen LogP contribution in [-0.4, -0.2) is 46.8 Å². The number of nitrogens with one attached hydrogen (secondary N) is 3. The first-order valence-electron chi connectivity index (χ1n) is 9.10. The van der Waals surface area contributed by atoms with E-state index < -0.39 is 6.04 Å². The summed E-state index contributed by atoms with van der Waals surface area (Å²) in [5, 5.41) is 9.24. The highest BCUT2D eigenvalue weighted by Crippen LogP contribution is 2.28. The Morgan fingerprint density at radius 3 is 2.73 bits per heavy atom. The van der Waals surface area contributed by atoms with Crippen molar-refractivity contribution in [3.8, 4) is 0 Å².